The smallest absolute Gasteiger partial charge is 0.216 e. The van der Waals surface area contributed by atoms with Crippen LogP contribution >= 0.6 is 0 Å². The number of benzene rings is 3. The van der Waals surface area contributed by atoms with Gasteiger partial charge in [0.1, 0.15) is 0 Å². The van der Waals surface area contributed by atoms with Gasteiger partial charge in [0.25, 0.3) is 0 Å². The topological polar surface area (TPSA) is 89.1 Å². The Labute approximate surface area is 364 Å². The summed E-state index contributed by atoms with van der Waals surface area (Å²) in [7, 11) is 0. The van der Waals surface area contributed by atoms with Gasteiger partial charge in [0.05, 0.1) is 11.3 Å². The standard InChI is InChI=1S/C39H33N3O.C13H24O2.Ir/c1-25(2)29-18-20-31-35(22-29)30(13-8-7-10-27-17-21-36(40-23-27)28-11-5-4-6-12-28)24-41-37(31)34-15-9-14-32-33-19-16-26(3)42-39(33)43-38(32)34;1-5-10(6-2)12(14)9-13(15)11(7-3)8-4;/h4-6,9,11,14,16-25H,7-8,10,13H2,1-3H3;9-11,14H,5-8H2,1-4H3;/q-2;;/b;12-9-;. The fourth-order valence-electron chi connectivity index (χ4n) is 7.67. The molecule has 0 amide bonds. The minimum atomic E-state index is 0. The van der Waals surface area contributed by atoms with Crippen LogP contribution in [0.1, 0.15) is 108 Å². The summed E-state index contributed by atoms with van der Waals surface area (Å²) in [4.78, 5) is 26.1. The van der Waals surface area contributed by atoms with E-state index in [1.54, 1.807) is 0 Å². The summed E-state index contributed by atoms with van der Waals surface area (Å²) in [6.07, 6.45) is 13.1. The minimum absolute atomic E-state index is 0. The van der Waals surface area contributed by atoms with Gasteiger partial charge in [0.15, 0.2) is 5.78 Å². The summed E-state index contributed by atoms with van der Waals surface area (Å²) in [6.45, 7) is 14.5. The van der Waals surface area contributed by atoms with Gasteiger partial charge in [-0.1, -0.05) is 82.8 Å². The number of aryl methyl sites for hydroxylation is 3. The number of nitrogens with zero attached hydrogens (tertiary/aromatic N) is 3. The molecule has 0 aliphatic rings. The Morgan fingerprint density at radius 2 is 1.53 bits per heavy atom. The number of aliphatic hydroxyl groups excluding tert-OH is 1. The van der Waals surface area contributed by atoms with E-state index in [-0.39, 0.29) is 43.5 Å². The zero-order valence-electron chi connectivity index (χ0n) is 35.6. The molecule has 1 N–H and O–H groups in total. The summed E-state index contributed by atoms with van der Waals surface area (Å²) in [5.74, 6) is 0.989. The Balaban J connectivity index is 0.000000355. The molecule has 0 aliphatic heterocycles. The van der Waals surface area contributed by atoms with Crippen molar-refractivity contribution < 1.29 is 34.4 Å². The quantitative estimate of drug-likeness (QED) is 0.0477. The van der Waals surface area contributed by atoms with Crippen LogP contribution in [-0.2, 0) is 37.7 Å². The number of hydrogen-bond acceptors (Lipinski definition) is 6. The van der Waals surface area contributed by atoms with E-state index < -0.39 is 0 Å². The molecule has 0 fully saturated rings. The Kier molecular flexibility index (Phi) is 16.3. The van der Waals surface area contributed by atoms with Crippen LogP contribution in [0.5, 0.6) is 0 Å². The predicted octanol–water partition coefficient (Wildman–Crippen LogP) is 13.7. The maximum absolute atomic E-state index is 11.7. The molecule has 3 aromatic carbocycles. The third-order valence-electron chi connectivity index (χ3n) is 11.4. The first-order valence-corrected chi connectivity index (χ1v) is 21.1. The van der Waals surface area contributed by atoms with E-state index >= 15 is 0 Å². The molecule has 0 unspecified atom stereocenters. The van der Waals surface area contributed by atoms with E-state index in [1.165, 1.54) is 28.2 Å². The van der Waals surface area contributed by atoms with Crippen LogP contribution in [0.3, 0.4) is 0 Å². The van der Waals surface area contributed by atoms with Crippen molar-refractivity contribution in [2.24, 2.45) is 11.8 Å². The molecule has 4 heterocycles. The summed E-state index contributed by atoms with van der Waals surface area (Å²) < 4.78 is 6.32. The summed E-state index contributed by atoms with van der Waals surface area (Å²) >= 11 is 0. The average Bonchev–Trinajstić information content (AvgIpc) is 3.61. The molecule has 0 spiro atoms. The Morgan fingerprint density at radius 3 is 2.20 bits per heavy atom. The first-order valence-electron chi connectivity index (χ1n) is 21.1. The number of aliphatic hydroxyl groups is 1. The number of rotatable bonds is 15. The number of allylic oxidation sites excluding steroid dienone is 2. The van der Waals surface area contributed by atoms with E-state index in [1.807, 2.05) is 77.2 Å². The van der Waals surface area contributed by atoms with Gasteiger partial charge in [-0.05, 0) is 115 Å². The van der Waals surface area contributed by atoms with Crippen LogP contribution in [0.15, 0.2) is 108 Å². The number of pyridine rings is 3. The fraction of sp³-hybridized carbons (Fsp3) is 0.346. The van der Waals surface area contributed by atoms with Gasteiger partial charge in [-0.15, -0.1) is 54.1 Å². The van der Waals surface area contributed by atoms with Gasteiger partial charge in [0, 0.05) is 61.5 Å². The second-order valence-electron chi connectivity index (χ2n) is 15.6. The molecule has 309 valence electrons. The van der Waals surface area contributed by atoms with Gasteiger partial charge >= 0.3 is 0 Å². The normalized spacial score (nSPS) is 11.7. The zero-order chi connectivity index (χ0) is 41.2. The number of carbonyl (C=O) groups excluding carboxylic acids is 1. The molecular formula is C52H57IrN3O3-2. The molecule has 0 aliphatic carbocycles. The van der Waals surface area contributed by atoms with Gasteiger partial charge in [-0.2, -0.15) is 0 Å². The number of furan rings is 1. The predicted molar refractivity (Wildman–Crippen MR) is 239 cm³/mol. The Hall–Kier alpha value is -4.97. The van der Waals surface area contributed by atoms with Gasteiger partial charge < -0.3 is 19.5 Å². The first kappa shape index (κ1) is 45.1. The Morgan fingerprint density at radius 1 is 0.780 bits per heavy atom. The van der Waals surface area contributed by atoms with E-state index in [0.717, 1.165) is 101 Å². The summed E-state index contributed by atoms with van der Waals surface area (Å²) in [5.41, 5.74) is 10.0. The van der Waals surface area contributed by atoms with Crippen molar-refractivity contribution in [3.63, 3.8) is 0 Å². The number of ketones is 1. The molecule has 0 bridgehead atoms. The number of unbranched alkanes of at least 4 members (excludes halogenated alkanes) is 1. The van der Waals surface area contributed by atoms with E-state index in [9.17, 15) is 9.90 Å². The molecule has 1 radical (unpaired) electrons. The van der Waals surface area contributed by atoms with Gasteiger partial charge in [0.2, 0.25) is 5.71 Å². The molecule has 0 saturated heterocycles. The van der Waals surface area contributed by atoms with Crippen molar-refractivity contribution in [3.8, 4) is 22.5 Å². The van der Waals surface area contributed by atoms with Crippen LogP contribution in [0.25, 0.3) is 55.4 Å². The van der Waals surface area contributed by atoms with Crippen LogP contribution in [0.2, 0.25) is 0 Å². The molecule has 7 heteroatoms. The molecule has 0 atom stereocenters. The monoisotopic (exact) mass is 964 g/mol. The number of fused-ring (bicyclic) bond motifs is 4. The van der Waals surface area contributed by atoms with Crippen molar-refractivity contribution in [1.82, 2.24) is 15.0 Å². The fourth-order valence-corrected chi connectivity index (χ4v) is 7.67. The summed E-state index contributed by atoms with van der Waals surface area (Å²) in [5, 5.41) is 14.2. The molecule has 7 rings (SSSR count). The maximum Gasteiger partial charge on any atom is 0.216 e. The zero-order valence-corrected chi connectivity index (χ0v) is 38.0. The molecule has 4 aromatic heterocycles. The summed E-state index contributed by atoms with van der Waals surface area (Å²) in [6, 6.07) is 33.9. The van der Waals surface area contributed by atoms with Crippen LogP contribution in [0, 0.1) is 30.9 Å². The first-order chi connectivity index (χ1) is 28.1. The third kappa shape index (κ3) is 10.8. The van der Waals surface area contributed by atoms with Crippen molar-refractivity contribution in [2.75, 3.05) is 0 Å². The largest absolute Gasteiger partial charge is 0.512 e. The van der Waals surface area contributed by atoms with E-state index in [2.05, 4.69) is 84.6 Å². The van der Waals surface area contributed by atoms with Gasteiger partial charge in [-0.3, -0.25) is 4.79 Å². The number of aromatic nitrogens is 3. The molecule has 0 saturated carbocycles. The minimum Gasteiger partial charge on any atom is -0.512 e. The van der Waals surface area contributed by atoms with E-state index in [0.29, 0.717) is 11.6 Å². The molecular weight excluding hydrogens is 907 g/mol. The maximum atomic E-state index is 11.7. The van der Waals surface area contributed by atoms with E-state index in [4.69, 9.17) is 9.40 Å². The van der Waals surface area contributed by atoms with Crippen LogP contribution < -0.4 is 0 Å². The number of carbonyl (C=O) groups is 1. The molecule has 7 aromatic rings. The number of hydrogen-bond donors (Lipinski definition) is 1. The average molecular weight is 964 g/mol. The molecule has 59 heavy (non-hydrogen) atoms. The van der Waals surface area contributed by atoms with Crippen LogP contribution in [-0.4, -0.2) is 25.8 Å². The third-order valence-corrected chi connectivity index (χ3v) is 11.4. The second kappa shape index (κ2) is 21.3. The van der Waals surface area contributed by atoms with Gasteiger partial charge in [-0.25, -0.2) is 4.98 Å². The van der Waals surface area contributed by atoms with Crippen molar-refractivity contribution >= 4 is 38.6 Å². The second-order valence-corrected chi connectivity index (χ2v) is 15.6. The molecule has 6 nitrogen and oxygen atoms in total. The van der Waals surface area contributed by atoms with Crippen molar-refractivity contribution in [3.05, 3.63) is 138 Å². The van der Waals surface area contributed by atoms with Crippen LogP contribution in [0.4, 0.5) is 0 Å². The Bertz CT molecular complexity index is 2480. The SMILES string of the molecule is CCC(CC)C(=O)/C=C(\O)C(CC)CC.Cc1ccc2c(n1)oc1c(-c3ncc(CCCCc4ccc(-c5[c-]cccc5)nc4)c4cc(C(C)C)ccc34)[c-]ccc12.[Ir]. The van der Waals surface area contributed by atoms with Crippen molar-refractivity contribution in [1.29, 1.82) is 0 Å². The van der Waals surface area contributed by atoms with Crippen molar-refractivity contribution in [2.45, 2.75) is 106 Å².